The maximum Gasteiger partial charge on any atom is 0.308 e. The van der Waals surface area contributed by atoms with Gasteiger partial charge in [0.15, 0.2) is 0 Å². The third-order valence-corrected chi connectivity index (χ3v) is 3.25. The summed E-state index contributed by atoms with van der Waals surface area (Å²) in [5.74, 6) is -1.17. The van der Waals surface area contributed by atoms with Crippen molar-refractivity contribution in [2.45, 2.75) is 38.5 Å². The lowest BCUT2D eigenvalue weighted by molar-refractivity contribution is -0.385. The maximum absolute atomic E-state index is 12.2. The lowest BCUT2D eigenvalue weighted by Gasteiger charge is -2.21. The second-order valence-electron chi connectivity index (χ2n) is 5.68. The number of ether oxygens (including phenoxy) is 2. The van der Waals surface area contributed by atoms with Gasteiger partial charge in [-0.25, -0.2) is 0 Å². The van der Waals surface area contributed by atoms with Crippen LogP contribution < -0.4 is 11.1 Å². The van der Waals surface area contributed by atoms with Gasteiger partial charge in [0.2, 0.25) is 5.91 Å². The molecule has 2 unspecified atom stereocenters. The molecule has 0 aliphatic heterocycles. The molecule has 0 aliphatic rings. The molecule has 25 heavy (non-hydrogen) atoms. The molecule has 0 radical (unpaired) electrons. The molecule has 138 valence electrons. The third-order valence-electron chi connectivity index (χ3n) is 3.25. The second kappa shape index (κ2) is 9.70. The van der Waals surface area contributed by atoms with Crippen molar-refractivity contribution in [3.63, 3.8) is 0 Å². The topological polar surface area (TPSA) is 134 Å². The van der Waals surface area contributed by atoms with E-state index >= 15 is 0 Å². The predicted octanol–water partition coefficient (Wildman–Crippen LogP) is 1.07. The SMILES string of the molecule is COCC(N)C(=O)NC(CC(=O)OC(C)C)c1ccccc1[N+](=O)[O-]. The highest BCUT2D eigenvalue weighted by Gasteiger charge is 2.28. The maximum atomic E-state index is 12.2. The molecule has 1 aromatic carbocycles. The largest absolute Gasteiger partial charge is 0.463 e. The molecule has 0 saturated carbocycles. The Morgan fingerprint density at radius 1 is 1.32 bits per heavy atom. The number of carbonyl (C=O) groups is 2. The Kier molecular flexibility index (Phi) is 7.96. The average Bonchev–Trinajstić information content (AvgIpc) is 2.53. The first-order valence-corrected chi connectivity index (χ1v) is 7.74. The molecule has 9 nitrogen and oxygen atoms in total. The fraction of sp³-hybridized carbons (Fsp3) is 0.500. The standard InChI is InChI=1S/C16H23N3O6/c1-10(2)25-15(20)8-13(18-16(21)12(17)9-24-3)11-6-4-5-7-14(11)19(22)23/h4-7,10,12-13H,8-9,17H2,1-3H3,(H,18,21). The van der Waals surface area contributed by atoms with Crippen molar-refractivity contribution in [1.82, 2.24) is 5.32 Å². The number of hydrogen-bond acceptors (Lipinski definition) is 7. The van der Waals surface area contributed by atoms with E-state index in [1.165, 1.54) is 25.3 Å². The van der Waals surface area contributed by atoms with Crippen LogP contribution >= 0.6 is 0 Å². The van der Waals surface area contributed by atoms with Crippen LogP contribution in [-0.4, -0.2) is 42.7 Å². The molecule has 2 atom stereocenters. The van der Waals surface area contributed by atoms with Crippen LogP contribution in [0.4, 0.5) is 5.69 Å². The molecule has 0 aromatic heterocycles. The third kappa shape index (κ3) is 6.48. The van der Waals surface area contributed by atoms with Gasteiger partial charge >= 0.3 is 5.97 Å². The zero-order chi connectivity index (χ0) is 19.0. The Hall–Kier alpha value is -2.52. The quantitative estimate of drug-likeness (QED) is 0.385. The van der Waals surface area contributed by atoms with E-state index in [-0.39, 0.29) is 30.4 Å². The number of rotatable bonds is 9. The molecular formula is C16H23N3O6. The summed E-state index contributed by atoms with van der Waals surface area (Å²) in [4.78, 5) is 34.8. The van der Waals surface area contributed by atoms with Gasteiger partial charge in [-0.3, -0.25) is 19.7 Å². The molecule has 0 spiro atoms. The monoisotopic (exact) mass is 353 g/mol. The van der Waals surface area contributed by atoms with Crippen LogP contribution in [-0.2, 0) is 19.1 Å². The van der Waals surface area contributed by atoms with Gasteiger partial charge in [0.1, 0.15) is 6.04 Å². The van der Waals surface area contributed by atoms with Gasteiger partial charge in [0, 0.05) is 13.2 Å². The number of nitro benzene ring substituents is 1. The molecule has 1 aromatic rings. The van der Waals surface area contributed by atoms with Crippen molar-refractivity contribution < 1.29 is 24.0 Å². The number of nitrogens with one attached hydrogen (secondary N) is 1. The van der Waals surface area contributed by atoms with Gasteiger partial charge in [-0.1, -0.05) is 18.2 Å². The first kappa shape index (κ1) is 20.5. The molecule has 0 bridgehead atoms. The lowest BCUT2D eigenvalue weighted by Crippen LogP contribution is -2.45. The van der Waals surface area contributed by atoms with Crippen molar-refractivity contribution in [2.24, 2.45) is 5.73 Å². The number of nitrogens with zero attached hydrogens (tertiary/aromatic N) is 1. The number of esters is 1. The van der Waals surface area contributed by atoms with Crippen LogP contribution in [0, 0.1) is 10.1 Å². The molecule has 0 fully saturated rings. The van der Waals surface area contributed by atoms with E-state index in [2.05, 4.69) is 5.32 Å². The number of para-hydroxylation sites is 1. The smallest absolute Gasteiger partial charge is 0.308 e. The fourth-order valence-corrected chi connectivity index (χ4v) is 2.20. The summed E-state index contributed by atoms with van der Waals surface area (Å²) in [6.07, 6.45) is -0.598. The number of hydrogen-bond donors (Lipinski definition) is 2. The Morgan fingerprint density at radius 3 is 2.52 bits per heavy atom. The highest BCUT2D eigenvalue weighted by atomic mass is 16.6. The highest BCUT2D eigenvalue weighted by molar-refractivity contribution is 5.83. The zero-order valence-electron chi connectivity index (χ0n) is 14.4. The minimum atomic E-state index is -0.962. The van der Waals surface area contributed by atoms with Gasteiger partial charge in [0.05, 0.1) is 35.7 Å². The van der Waals surface area contributed by atoms with Crippen LogP contribution in [0.3, 0.4) is 0 Å². The van der Waals surface area contributed by atoms with Crippen LogP contribution in [0.15, 0.2) is 24.3 Å². The van der Waals surface area contributed by atoms with Crippen LogP contribution in [0.1, 0.15) is 31.9 Å². The molecule has 0 saturated heterocycles. The summed E-state index contributed by atoms with van der Waals surface area (Å²) >= 11 is 0. The number of carbonyl (C=O) groups excluding carboxylic acids is 2. The predicted molar refractivity (Wildman–Crippen MR) is 89.7 cm³/mol. The normalized spacial score (nSPS) is 13.2. The van der Waals surface area contributed by atoms with Crippen molar-refractivity contribution in [2.75, 3.05) is 13.7 Å². The molecule has 0 aliphatic carbocycles. The zero-order valence-corrected chi connectivity index (χ0v) is 14.4. The van der Waals surface area contributed by atoms with E-state index in [1.54, 1.807) is 19.9 Å². The Balaban J connectivity index is 3.09. The Morgan fingerprint density at radius 2 is 1.96 bits per heavy atom. The second-order valence-corrected chi connectivity index (χ2v) is 5.68. The first-order valence-electron chi connectivity index (χ1n) is 7.74. The molecular weight excluding hydrogens is 330 g/mol. The highest BCUT2D eigenvalue weighted by Crippen LogP contribution is 2.27. The van der Waals surface area contributed by atoms with E-state index in [9.17, 15) is 19.7 Å². The lowest BCUT2D eigenvalue weighted by atomic mass is 10.0. The van der Waals surface area contributed by atoms with Gasteiger partial charge in [-0.05, 0) is 13.8 Å². The number of nitrogens with two attached hydrogens (primary N) is 1. The molecule has 1 amide bonds. The summed E-state index contributed by atoms with van der Waals surface area (Å²) in [6, 6.07) is 3.97. The molecule has 3 N–H and O–H groups in total. The minimum Gasteiger partial charge on any atom is -0.463 e. The number of benzene rings is 1. The van der Waals surface area contributed by atoms with Crippen molar-refractivity contribution in [1.29, 1.82) is 0 Å². The van der Waals surface area contributed by atoms with Gasteiger partial charge < -0.3 is 20.5 Å². The van der Waals surface area contributed by atoms with E-state index in [4.69, 9.17) is 15.2 Å². The summed E-state index contributed by atoms with van der Waals surface area (Å²) in [5.41, 5.74) is 5.67. The summed E-state index contributed by atoms with van der Waals surface area (Å²) in [5, 5.41) is 13.8. The van der Waals surface area contributed by atoms with Crippen molar-refractivity contribution in [3.05, 3.63) is 39.9 Å². The fourth-order valence-electron chi connectivity index (χ4n) is 2.20. The Labute approximate surface area is 145 Å². The van der Waals surface area contributed by atoms with E-state index in [0.29, 0.717) is 0 Å². The Bertz CT molecular complexity index is 620. The number of amides is 1. The number of methoxy groups -OCH3 is 1. The number of nitro groups is 1. The van der Waals surface area contributed by atoms with Crippen LogP contribution in [0.25, 0.3) is 0 Å². The summed E-state index contributed by atoms with van der Waals surface area (Å²) < 4.78 is 9.90. The first-order chi connectivity index (χ1) is 11.8. The van der Waals surface area contributed by atoms with Crippen molar-refractivity contribution in [3.8, 4) is 0 Å². The molecule has 1 rings (SSSR count). The van der Waals surface area contributed by atoms with Crippen molar-refractivity contribution >= 4 is 17.6 Å². The van der Waals surface area contributed by atoms with E-state index < -0.39 is 28.9 Å². The van der Waals surface area contributed by atoms with Gasteiger partial charge in [0.25, 0.3) is 5.69 Å². The molecule has 9 heteroatoms. The van der Waals surface area contributed by atoms with Crippen LogP contribution in [0.5, 0.6) is 0 Å². The minimum absolute atomic E-state index is 0.0219. The van der Waals surface area contributed by atoms with Gasteiger partial charge in [-0.15, -0.1) is 0 Å². The van der Waals surface area contributed by atoms with E-state index in [0.717, 1.165) is 0 Å². The molecule has 0 heterocycles. The summed E-state index contributed by atoms with van der Waals surface area (Å²) in [6.45, 7) is 3.35. The van der Waals surface area contributed by atoms with Gasteiger partial charge in [-0.2, -0.15) is 0 Å². The summed E-state index contributed by atoms with van der Waals surface area (Å²) in [7, 11) is 1.40. The van der Waals surface area contributed by atoms with E-state index in [1.807, 2.05) is 0 Å². The average molecular weight is 353 g/mol. The van der Waals surface area contributed by atoms with Crippen LogP contribution in [0.2, 0.25) is 0 Å².